The van der Waals surface area contributed by atoms with Crippen molar-refractivity contribution in [3.63, 3.8) is 0 Å². The van der Waals surface area contributed by atoms with Gasteiger partial charge in [-0.25, -0.2) is 4.79 Å². The maximum Gasteiger partial charge on any atom is 0.346 e. The first-order chi connectivity index (χ1) is 15.4. The third-order valence-corrected chi connectivity index (χ3v) is 6.09. The molecule has 0 aliphatic rings. The molecule has 1 aromatic rings. The number of carboxylic acids is 1. The fourth-order valence-corrected chi connectivity index (χ4v) is 4.27. The quantitative estimate of drug-likeness (QED) is 0.0932. The standard InChI is InChI=1S/C25H41NO6/c1-3-5-7-9-11-13-15-17-19-20(18-16-14-12-10-8-6-4-2)23(27)24(28)21(25(29)30)22(19)26(31)32/h27-28H,3-18H2,1-2H3,(H,29,30). The smallest absolute Gasteiger partial charge is 0.346 e. The van der Waals surface area contributed by atoms with E-state index < -0.39 is 33.6 Å². The van der Waals surface area contributed by atoms with Crippen molar-refractivity contribution in [2.45, 2.75) is 117 Å². The highest BCUT2D eigenvalue weighted by Crippen LogP contribution is 2.44. The fraction of sp³-hybridized carbons (Fsp3) is 0.720. The number of nitrogens with zero attached hydrogens (tertiary/aromatic N) is 1. The molecule has 1 rings (SSSR count). The number of nitro groups is 1. The summed E-state index contributed by atoms with van der Waals surface area (Å²) in [6, 6.07) is 0. The Hall–Kier alpha value is -2.31. The normalized spacial score (nSPS) is 11.1. The van der Waals surface area contributed by atoms with Crippen LogP contribution in [-0.4, -0.2) is 26.2 Å². The Morgan fingerprint density at radius 1 is 0.719 bits per heavy atom. The molecule has 0 unspecified atom stereocenters. The van der Waals surface area contributed by atoms with Crippen molar-refractivity contribution in [3.8, 4) is 11.5 Å². The average molecular weight is 452 g/mol. The summed E-state index contributed by atoms with van der Waals surface area (Å²) >= 11 is 0. The second kappa shape index (κ2) is 15.5. The lowest BCUT2D eigenvalue weighted by molar-refractivity contribution is -0.386. The van der Waals surface area contributed by atoms with Gasteiger partial charge in [-0.2, -0.15) is 0 Å². The van der Waals surface area contributed by atoms with Crippen molar-refractivity contribution in [2.24, 2.45) is 0 Å². The first-order valence-electron chi connectivity index (χ1n) is 12.3. The molecule has 7 heteroatoms. The molecule has 0 aromatic heterocycles. The maximum atomic E-state index is 11.8. The Morgan fingerprint density at radius 3 is 1.53 bits per heavy atom. The monoisotopic (exact) mass is 451 g/mol. The minimum Gasteiger partial charge on any atom is -0.504 e. The van der Waals surface area contributed by atoms with Gasteiger partial charge in [-0.3, -0.25) is 10.1 Å². The summed E-state index contributed by atoms with van der Waals surface area (Å²) in [5.41, 5.74) is -0.786. The molecular formula is C25H41NO6. The van der Waals surface area contributed by atoms with Gasteiger partial charge in [-0.05, 0) is 25.7 Å². The number of nitro benzene ring substituents is 1. The number of carboxylic acid groups (broad SMARTS) is 1. The van der Waals surface area contributed by atoms with Crippen molar-refractivity contribution in [1.82, 2.24) is 0 Å². The molecule has 0 saturated heterocycles. The summed E-state index contributed by atoms with van der Waals surface area (Å²) in [6.07, 6.45) is 15.4. The highest BCUT2D eigenvalue weighted by atomic mass is 16.6. The van der Waals surface area contributed by atoms with Crippen LogP contribution in [0.4, 0.5) is 5.69 Å². The molecule has 0 aliphatic carbocycles. The van der Waals surface area contributed by atoms with Crippen LogP contribution < -0.4 is 0 Å². The Kier molecular flexibility index (Phi) is 13.4. The zero-order valence-electron chi connectivity index (χ0n) is 19.8. The van der Waals surface area contributed by atoms with Gasteiger partial charge in [0.1, 0.15) is 0 Å². The van der Waals surface area contributed by atoms with Crippen LogP contribution in [0.3, 0.4) is 0 Å². The van der Waals surface area contributed by atoms with Gasteiger partial charge >= 0.3 is 5.97 Å². The number of phenols is 2. The van der Waals surface area contributed by atoms with Gasteiger partial charge in [0.05, 0.1) is 4.92 Å². The van der Waals surface area contributed by atoms with Crippen LogP contribution in [0.2, 0.25) is 0 Å². The number of hydrogen-bond donors (Lipinski definition) is 3. The van der Waals surface area contributed by atoms with E-state index in [0.717, 1.165) is 44.9 Å². The SMILES string of the molecule is CCCCCCCCCc1c(O)c(O)c(C(=O)O)c([N+](=O)[O-])c1CCCCCCCCC. The number of carbonyl (C=O) groups is 1. The van der Waals surface area contributed by atoms with Crippen LogP contribution in [0.15, 0.2) is 0 Å². The predicted molar refractivity (Wildman–Crippen MR) is 127 cm³/mol. The number of unbranched alkanes of at least 4 members (excludes halogenated alkanes) is 12. The van der Waals surface area contributed by atoms with E-state index in [0.29, 0.717) is 24.8 Å². The summed E-state index contributed by atoms with van der Waals surface area (Å²) in [6.45, 7) is 4.32. The zero-order valence-corrected chi connectivity index (χ0v) is 19.8. The van der Waals surface area contributed by atoms with Gasteiger partial charge in [-0.15, -0.1) is 0 Å². The molecule has 0 bridgehead atoms. The second-order valence-electron chi connectivity index (χ2n) is 8.68. The summed E-state index contributed by atoms with van der Waals surface area (Å²) in [5, 5.41) is 42.1. The molecule has 32 heavy (non-hydrogen) atoms. The largest absolute Gasteiger partial charge is 0.504 e. The Labute approximate surface area is 192 Å². The van der Waals surface area contributed by atoms with Crippen molar-refractivity contribution in [1.29, 1.82) is 0 Å². The van der Waals surface area contributed by atoms with Crippen molar-refractivity contribution in [3.05, 3.63) is 26.8 Å². The molecule has 0 saturated carbocycles. The van der Waals surface area contributed by atoms with E-state index in [1.807, 2.05) is 0 Å². The number of benzene rings is 1. The molecule has 0 radical (unpaired) electrons. The van der Waals surface area contributed by atoms with Gasteiger partial charge in [-0.1, -0.05) is 90.9 Å². The molecule has 0 fully saturated rings. The number of aromatic carboxylic acids is 1. The summed E-state index contributed by atoms with van der Waals surface area (Å²) in [5.74, 6) is -3.02. The van der Waals surface area contributed by atoms with Crippen LogP contribution in [0.5, 0.6) is 11.5 Å². The summed E-state index contributed by atoms with van der Waals surface area (Å²) in [7, 11) is 0. The van der Waals surface area contributed by atoms with Crippen LogP contribution in [0.25, 0.3) is 0 Å². The number of hydrogen-bond acceptors (Lipinski definition) is 5. The topological polar surface area (TPSA) is 121 Å². The van der Waals surface area contributed by atoms with Crippen LogP contribution in [-0.2, 0) is 12.8 Å². The fourth-order valence-electron chi connectivity index (χ4n) is 4.27. The molecule has 3 N–H and O–H groups in total. The third kappa shape index (κ3) is 8.67. The van der Waals surface area contributed by atoms with Crippen molar-refractivity contribution >= 4 is 11.7 Å². The minimum atomic E-state index is -1.60. The summed E-state index contributed by atoms with van der Waals surface area (Å²) in [4.78, 5) is 22.7. The highest BCUT2D eigenvalue weighted by molar-refractivity contribution is 5.98. The van der Waals surface area contributed by atoms with Gasteiger partial charge in [0.15, 0.2) is 17.1 Å². The first kappa shape index (κ1) is 27.7. The van der Waals surface area contributed by atoms with Gasteiger partial charge in [0.2, 0.25) is 0 Å². The molecule has 0 spiro atoms. The van der Waals surface area contributed by atoms with Crippen molar-refractivity contribution < 1.29 is 25.0 Å². The van der Waals surface area contributed by atoms with E-state index in [1.54, 1.807) is 0 Å². The Bertz CT molecular complexity index is 732. The highest BCUT2D eigenvalue weighted by Gasteiger charge is 2.34. The van der Waals surface area contributed by atoms with Gasteiger partial charge in [0, 0.05) is 11.1 Å². The Balaban J connectivity index is 3.01. The molecule has 182 valence electrons. The molecule has 1 aromatic carbocycles. The average Bonchev–Trinajstić information content (AvgIpc) is 2.75. The number of phenolic OH excluding ortho intramolecular Hbond substituents is 1. The van der Waals surface area contributed by atoms with Gasteiger partial charge < -0.3 is 15.3 Å². The van der Waals surface area contributed by atoms with E-state index in [9.17, 15) is 30.2 Å². The molecule has 7 nitrogen and oxygen atoms in total. The molecule has 0 amide bonds. The Morgan fingerprint density at radius 2 is 1.12 bits per heavy atom. The number of aromatic hydroxyl groups is 2. The van der Waals surface area contributed by atoms with E-state index >= 15 is 0 Å². The van der Waals surface area contributed by atoms with E-state index in [4.69, 9.17) is 0 Å². The van der Waals surface area contributed by atoms with E-state index in [-0.39, 0.29) is 5.56 Å². The maximum absolute atomic E-state index is 11.8. The van der Waals surface area contributed by atoms with E-state index in [1.165, 1.54) is 38.5 Å². The minimum absolute atomic E-state index is 0.266. The van der Waals surface area contributed by atoms with Crippen LogP contribution in [0, 0.1) is 10.1 Å². The third-order valence-electron chi connectivity index (χ3n) is 6.09. The lowest BCUT2D eigenvalue weighted by Crippen LogP contribution is -2.10. The zero-order chi connectivity index (χ0) is 23.9. The second-order valence-corrected chi connectivity index (χ2v) is 8.68. The van der Waals surface area contributed by atoms with Gasteiger partial charge in [0.25, 0.3) is 5.69 Å². The lowest BCUT2D eigenvalue weighted by atomic mass is 9.90. The molecular weight excluding hydrogens is 410 g/mol. The van der Waals surface area contributed by atoms with Crippen molar-refractivity contribution in [2.75, 3.05) is 0 Å². The van der Waals surface area contributed by atoms with Crippen LogP contribution in [0.1, 0.15) is 125 Å². The lowest BCUT2D eigenvalue weighted by Gasteiger charge is -2.16. The number of rotatable bonds is 18. The predicted octanol–water partition coefficient (Wildman–Crippen LogP) is 7.29. The van der Waals surface area contributed by atoms with Crippen LogP contribution >= 0.6 is 0 Å². The molecule has 0 aliphatic heterocycles. The molecule has 0 heterocycles. The first-order valence-corrected chi connectivity index (χ1v) is 12.3. The van der Waals surface area contributed by atoms with E-state index in [2.05, 4.69) is 13.8 Å². The summed E-state index contributed by atoms with van der Waals surface area (Å²) < 4.78 is 0. The molecule has 0 atom stereocenters.